The number of nitrogens with one attached hydrogen (secondary N) is 1. The van der Waals surface area contributed by atoms with Crippen molar-refractivity contribution in [1.29, 1.82) is 0 Å². The average molecular weight is 280 g/mol. The first-order valence-electron chi connectivity index (χ1n) is 7.35. The molecule has 0 fully saturated rings. The molecular weight excluding hydrogens is 256 g/mol. The summed E-state index contributed by atoms with van der Waals surface area (Å²) in [6.07, 6.45) is 10.8. The van der Waals surface area contributed by atoms with E-state index in [0.29, 0.717) is 0 Å². The highest BCUT2D eigenvalue weighted by Crippen LogP contribution is 2.20. The molecule has 1 aromatic rings. The predicted octanol–water partition coefficient (Wildman–Crippen LogP) is 4.64. The largest absolute Gasteiger partial charge is 0.376 e. The van der Waals surface area contributed by atoms with Crippen molar-refractivity contribution in [3.63, 3.8) is 0 Å². The summed E-state index contributed by atoms with van der Waals surface area (Å²) in [5.74, 6) is 0. The molecule has 0 radical (unpaired) electrons. The Morgan fingerprint density at radius 3 is 2.71 bits per heavy atom. The Morgan fingerprint density at radius 1 is 1.29 bits per heavy atom. The number of aryl methyl sites for hydroxylation is 1. The van der Waals surface area contributed by atoms with Crippen molar-refractivity contribution in [2.24, 2.45) is 0 Å². The number of rotatable bonds is 4. The van der Waals surface area contributed by atoms with E-state index in [1.807, 2.05) is 0 Å². The van der Waals surface area contributed by atoms with Crippen molar-refractivity contribution < 1.29 is 0 Å². The Kier molecular flexibility index (Phi) is 5.04. The summed E-state index contributed by atoms with van der Waals surface area (Å²) in [5, 5.41) is 3.49. The third-order valence-electron chi connectivity index (χ3n) is 3.59. The fourth-order valence-corrected chi connectivity index (χ4v) is 2.42. The van der Waals surface area contributed by atoms with Crippen LogP contribution < -0.4 is 5.32 Å². The van der Waals surface area contributed by atoms with Crippen molar-refractivity contribution in [1.82, 2.24) is 4.90 Å². The molecule has 0 atom stereocenters. The molecule has 0 amide bonds. The molecule has 1 heterocycles. The van der Waals surface area contributed by atoms with E-state index < -0.39 is 0 Å². The molecule has 1 aliphatic rings. The number of para-hydroxylation sites is 1. The van der Waals surface area contributed by atoms with Gasteiger partial charge >= 0.3 is 0 Å². The average Bonchev–Trinajstić information content (AvgIpc) is 2.47. The molecule has 0 saturated carbocycles. The zero-order valence-electron chi connectivity index (χ0n) is 13.4. The Labute approximate surface area is 128 Å². The zero-order valence-corrected chi connectivity index (χ0v) is 13.4. The zero-order chi connectivity index (χ0) is 15.2. The van der Waals surface area contributed by atoms with E-state index in [-0.39, 0.29) is 0 Å². The van der Waals surface area contributed by atoms with Crippen LogP contribution in [-0.2, 0) is 0 Å². The van der Waals surface area contributed by atoms with Crippen LogP contribution in [0.1, 0.15) is 19.4 Å². The molecule has 0 saturated heterocycles. The smallest absolute Gasteiger partial charge is 0.0426 e. The first-order chi connectivity index (χ1) is 10.1. The van der Waals surface area contributed by atoms with Crippen LogP contribution in [0.15, 0.2) is 71.6 Å². The first-order valence-corrected chi connectivity index (χ1v) is 7.35. The lowest BCUT2D eigenvalue weighted by Crippen LogP contribution is -2.17. The molecule has 1 N–H and O–H groups in total. The summed E-state index contributed by atoms with van der Waals surface area (Å²) in [6, 6.07) is 8.35. The van der Waals surface area contributed by atoms with Gasteiger partial charge in [0.05, 0.1) is 0 Å². The molecule has 0 spiro atoms. The lowest BCUT2D eigenvalue weighted by atomic mass is 10.0. The third kappa shape index (κ3) is 4.12. The Morgan fingerprint density at radius 2 is 2.05 bits per heavy atom. The summed E-state index contributed by atoms with van der Waals surface area (Å²) in [7, 11) is 2.10. The van der Waals surface area contributed by atoms with Crippen LogP contribution in [0.25, 0.3) is 0 Å². The number of likely N-dealkylation sites (N-methyl/N-ethyl adjacent to an activating group) is 1. The molecule has 1 aliphatic heterocycles. The van der Waals surface area contributed by atoms with Crippen LogP contribution in [0, 0.1) is 6.92 Å². The van der Waals surface area contributed by atoms with E-state index in [2.05, 4.69) is 92.8 Å². The maximum absolute atomic E-state index is 3.49. The minimum Gasteiger partial charge on any atom is -0.376 e. The van der Waals surface area contributed by atoms with Crippen LogP contribution in [0.3, 0.4) is 0 Å². The van der Waals surface area contributed by atoms with Crippen LogP contribution in [0.2, 0.25) is 0 Å². The fraction of sp³-hybridized carbons (Fsp3) is 0.263. The quantitative estimate of drug-likeness (QED) is 0.808. The van der Waals surface area contributed by atoms with E-state index >= 15 is 0 Å². The SMILES string of the molecule is C/C=C(\C=C(/C)Nc1ccccc1C)C1=CC=CN(C)C1. The van der Waals surface area contributed by atoms with Gasteiger partial charge < -0.3 is 10.2 Å². The van der Waals surface area contributed by atoms with Crippen molar-refractivity contribution in [3.05, 3.63) is 77.2 Å². The Bertz CT molecular complexity index is 618. The summed E-state index contributed by atoms with van der Waals surface area (Å²) in [5.41, 5.74) is 6.18. The maximum Gasteiger partial charge on any atom is 0.0426 e. The molecule has 0 aromatic heterocycles. The molecule has 0 aliphatic carbocycles. The maximum atomic E-state index is 3.49. The normalized spacial score (nSPS) is 16.0. The fourth-order valence-electron chi connectivity index (χ4n) is 2.42. The van der Waals surface area contributed by atoms with E-state index in [0.717, 1.165) is 17.9 Å². The number of anilines is 1. The van der Waals surface area contributed by atoms with Gasteiger partial charge in [-0.15, -0.1) is 0 Å². The van der Waals surface area contributed by atoms with Crippen molar-refractivity contribution in [3.8, 4) is 0 Å². The highest BCUT2D eigenvalue weighted by Gasteiger charge is 2.07. The van der Waals surface area contributed by atoms with Gasteiger partial charge in [0.25, 0.3) is 0 Å². The molecule has 1 aromatic carbocycles. The molecule has 21 heavy (non-hydrogen) atoms. The molecule has 0 unspecified atom stereocenters. The minimum absolute atomic E-state index is 0.949. The van der Waals surface area contributed by atoms with E-state index in [1.54, 1.807) is 0 Å². The van der Waals surface area contributed by atoms with Gasteiger partial charge in [0.1, 0.15) is 0 Å². The van der Waals surface area contributed by atoms with Crippen LogP contribution in [0.5, 0.6) is 0 Å². The summed E-state index contributed by atoms with van der Waals surface area (Å²) in [6.45, 7) is 7.27. The number of benzene rings is 1. The highest BCUT2D eigenvalue weighted by molar-refractivity contribution is 5.55. The molecule has 110 valence electrons. The van der Waals surface area contributed by atoms with E-state index in [4.69, 9.17) is 0 Å². The van der Waals surface area contributed by atoms with Gasteiger partial charge in [-0.25, -0.2) is 0 Å². The minimum atomic E-state index is 0.949. The second-order valence-corrected chi connectivity index (χ2v) is 5.46. The summed E-state index contributed by atoms with van der Waals surface area (Å²) >= 11 is 0. The molecular formula is C19H24N2. The Balaban J connectivity index is 2.15. The second-order valence-electron chi connectivity index (χ2n) is 5.46. The monoisotopic (exact) mass is 280 g/mol. The molecule has 2 nitrogen and oxygen atoms in total. The van der Waals surface area contributed by atoms with Crippen LogP contribution in [0.4, 0.5) is 5.69 Å². The van der Waals surface area contributed by atoms with Gasteiger partial charge in [0.15, 0.2) is 0 Å². The number of allylic oxidation sites excluding steroid dienone is 5. The lowest BCUT2D eigenvalue weighted by molar-refractivity contribution is 0.494. The van der Waals surface area contributed by atoms with E-state index in [9.17, 15) is 0 Å². The molecule has 0 bridgehead atoms. The first kappa shape index (κ1) is 15.2. The van der Waals surface area contributed by atoms with Gasteiger partial charge in [-0.3, -0.25) is 0 Å². The van der Waals surface area contributed by atoms with Gasteiger partial charge in [-0.2, -0.15) is 0 Å². The van der Waals surface area contributed by atoms with Crippen molar-refractivity contribution in [2.45, 2.75) is 20.8 Å². The van der Waals surface area contributed by atoms with Crippen LogP contribution in [-0.4, -0.2) is 18.5 Å². The summed E-state index contributed by atoms with van der Waals surface area (Å²) < 4.78 is 0. The molecule has 2 heteroatoms. The highest BCUT2D eigenvalue weighted by atomic mass is 15.1. The number of hydrogen-bond donors (Lipinski definition) is 1. The van der Waals surface area contributed by atoms with Crippen LogP contribution >= 0.6 is 0 Å². The standard InChI is InChI=1S/C19H24N2/c1-5-17(18-10-8-12-21(4)14-18)13-16(3)20-19-11-7-6-9-15(19)2/h5-13,20H,14H2,1-4H3/b16-13+,17-5+. The lowest BCUT2D eigenvalue weighted by Gasteiger charge is -2.21. The topological polar surface area (TPSA) is 15.3 Å². The van der Waals surface area contributed by atoms with Crippen molar-refractivity contribution in [2.75, 3.05) is 18.9 Å². The van der Waals surface area contributed by atoms with Gasteiger partial charge in [0, 0.05) is 25.0 Å². The predicted molar refractivity (Wildman–Crippen MR) is 92.2 cm³/mol. The second kappa shape index (κ2) is 6.98. The number of hydrogen-bond acceptors (Lipinski definition) is 2. The van der Waals surface area contributed by atoms with Gasteiger partial charge in [0.2, 0.25) is 0 Å². The van der Waals surface area contributed by atoms with Crippen molar-refractivity contribution >= 4 is 5.69 Å². The van der Waals surface area contributed by atoms with Gasteiger partial charge in [-0.05, 0) is 61.9 Å². The van der Waals surface area contributed by atoms with E-state index in [1.165, 1.54) is 16.7 Å². The Hall–Kier alpha value is -2.22. The van der Waals surface area contributed by atoms with Gasteiger partial charge in [-0.1, -0.05) is 30.4 Å². The third-order valence-corrected chi connectivity index (χ3v) is 3.59. The summed E-state index contributed by atoms with van der Waals surface area (Å²) in [4.78, 5) is 2.19. The molecule has 2 rings (SSSR count). The number of nitrogens with zero attached hydrogens (tertiary/aromatic N) is 1.